The van der Waals surface area contributed by atoms with Crippen LogP contribution in [0.5, 0.6) is 0 Å². The van der Waals surface area contributed by atoms with E-state index >= 15 is 0 Å². The Morgan fingerprint density at radius 1 is 0.209 bits per heavy atom. The first-order chi connectivity index (χ1) is 54.5. The molecule has 18 aromatic carbocycles. The summed E-state index contributed by atoms with van der Waals surface area (Å²) in [5, 5.41) is 16.3. The molecule has 0 saturated heterocycles. The van der Waals surface area contributed by atoms with Crippen molar-refractivity contribution in [3.8, 4) is 72.4 Å². The van der Waals surface area contributed by atoms with Crippen LogP contribution in [-0.2, 0) is 0 Å². The van der Waals surface area contributed by atoms with Gasteiger partial charge in [0.25, 0.3) is 0 Å². The van der Waals surface area contributed by atoms with E-state index in [2.05, 4.69) is 426 Å². The molecule has 0 aliphatic rings. The standard InChI is InChI=1S/C104H68N4S2/c1-3-17-68(18-4-1)70-37-48-84(49-38-70)107(87-56-58-88(59-57-87)108-99-28-14-10-24-90(99)95-66-97-92-26-12-16-30-102(92)110-104(97)67-100(95)108)85-52-41-72(42-53-85)76-31-32-78-62-79(34-33-77(78)61-76)94-64-75-20-8-7-19-74(75)63-93(94)73-43-54-86(55-44-73)106(82-21-5-2-6-22-82)83-50-39-71(40-51-83)69-35-46-81(47-36-69)105-98-27-13-9-23-89(98)80-45-60-103-96(65-80)91-25-11-15-29-101(91)109-103/h1-67,105H. The van der Waals surface area contributed by atoms with E-state index in [0.717, 1.165) is 73.4 Å². The molecule has 4 nitrogen and oxygen atoms in total. The van der Waals surface area contributed by atoms with Crippen molar-refractivity contribution >= 4 is 152 Å². The van der Waals surface area contributed by atoms with E-state index in [-0.39, 0.29) is 0 Å². The van der Waals surface area contributed by atoms with Gasteiger partial charge in [0.2, 0.25) is 0 Å². The summed E-state index contributed by atoms with van der Waals surface area (Å²) in [4.78, 5) is 4.72. The van der Waals surface area contributed by atoms with Crippen molar-refractivity contribution in [2.24, 2.45) is 0 Å². The monoisotopic (exact) mass is 1440 g/mol. The molecule has 516 valence electrons. The third-order valence-corrected chi connectivity index (χ3v) is 24.2. The van der Waals surface area contributed by atoms with Gasteiger partial charge in [0.1, 0.15) is 0 Å². The maximum Gasteiger partial charge on any atom is 0.0555 e. The molecule has 110 heavy (non-hydrogen) atoms. The third kappa shape index (κ3) is 11.7. The zero-order valence-corrected chi connectivity index (χ0v) is 61.5. The SMILES string of the molecule is c1ccc(-c2ccc(N(c3ccc(-c4ccc5cc(-c6cc7ccccc7cc6-c6ccc(N(c7ccccc7)c7ccc(-c8ccc(Nc9ccccc9-c9ccc%10sc%11ccccc%11c%10c9)cc8)cc7)cc6)ccc5c4)cc3)c3ccc(-n4c5ccccc5c5cc6c(cc54)sc4ccccc46)cc3)cc2)cc1. The van der Waals surface area contributed by atoms with Crippen molar-refractivity contribution in [2.45, 2.75) is 0 Å². The minimum Gasteiger partial charge on any atom is -0.355 e. The van der Waals surface area contributed by atoms with Crippen molar-refractivity contribution in [1.29, 1.82) is 0 Å². The summed E-state index contributed by atoms with van der Waals surface area (Å²) >= 11 is 3.72. The summed E-state index contributed by atoms with van der Waals surface area (Å²) in [6, 6.07) is 149. The number of para-hydroxylation sites is 3. The maximum atomic E-state index is 3.75. The van der Waals surface area contributed by atoms with Crippen molar-refractivity contribution in [2.75, 3.05) is 15.1 Å². The lowest BCUT2D eigenvalue weighted by molar-refractivity contribution is 1.17. The first kappa shape index (κ1) is 64.5. The highest BCUT2D eigenvalue weighted by Gasteiger charge is 2.21. The fraction of sp³-hybridized carbons (Fsp3) is 0. The van der Waals surface area contributed by atoms with Gasteiger partial charge in [0.15, 0.2) is 0 Å². The average molecular weight is 1440 g/mol. The van der Waals surface area contributed by atoms with Crippen LogP contribution in [-0.4, -0.2) is 4.57 Å². The molecule has 6 heteroatoms. The zero-order valence-electron chi connectivity index (χ0n) is 59.8. The van der Waals surface area contributed by atoms with Gasteiger partial charge in [-0.25, -0.2) is 0 Å². The van der Waals surface area contributed by atoms with E-state index in [1.165, 1.54) is 128 Å². The molecule has 3 aromatic heterocycles. The van der Waals surface area contributed by atoms with Gasteiger partial charge in [-0.3, -0.25) is 0 Å². The molecule has 0 spiro atoms. The van der Waals surface area contributed by atoms with Gasteiger partial charge in [-0.05, 0) is 253 Å². The van der Waals surface area contributed by atoms with Gasteiger partial charge >= 0.3 is 0 Å². The zero-order chi connectivity index (χ0) is 72.6. The van der Waals surface area contributed by atoms with E-state index in [9.17, 15) is 0 Å². The van der Waals surface area contributed by atoms with Crippen molar-refractivity contribution in [1.82, 2.24) is 4.57 Å². The van der Waals surface area contributed by atoms with Gasteiger partial charge < -0.3 is 19.7 Å². The van der Waals surface area contributed by atoms with E-state index in [1.807, 2.05) is 22.7 Å². The summed E-state index contributed by atoms with van der Waals surface area (Å²) in [5.41, 5.74) is 26.2. The number of fused-ring (bicyclic) bond motifs is 11. The second-order valence-corrected chi connectivity index (χ2v) is 30.6. The Kier molecular flexibility index (Phi) is 15.9. The van der Waals surface area contributed by atoms with Gasteiger partial charge in [-0.15, -0.1) is 22.7 Å². The summed E-state index contributed by atoms with van der Waals surface area (Å²) in [6.07, 6.45) is 0. The Labute approximate surface area is 645 Å². The maximum absolute atomic E-state index is 3.75. The molecule has 21 rings (SSSR count). The van der Waals surface area contributed by atoms with Gasteiger partial charge in [-0.1, -0.05) is 237 Å². The summed E-state index contributed by atoms with van der Waals surface area (Å²) < 4.78 is 7.67. The van der Waals surface area contributed by atoms with E-state index in [0.29, 0.717) is 0 Å². The Hall–Kier alpha value is -13.9. The molecule has 0 fully saturated rings. The predicted molar refractivity (Wildman–Crippen MR) is 473 cm³/mol. The minimum absolute atomic E-state index is 1.04. The number of benzene rings is 18. The lowest BCUT2D eigenvalue weighted by atomic mass is 9.90. The summed E-state index contributed by atoms with van der Waals surface area (Å²) in [5.74, 6) is 0. The lowest BCUT2D eigenvalue weighted by Crippen LogP contribution is -2.10. The first-order valence-electron chi connectivity index (χ1n) is 37.5. The summed E-state index contributed by atoms with van der Waals surface area (Å²) in [6.45, 7) is 0. The van der Waals surface area contributed by atoms with E-state index in [1.54, 1.807) is 0 Å². The normalized spacial score (nSPS) is 11.6. The molecule has 3 heterocycles. The highest BCUT2D eigenvalue weighted by Crippen LogP contribution is 2.46. The van der Waals surface area contributed by atoms with Crippen LogP contribution < -0.4 is 15.1 Å². The number of nitrogens with one attached hydrogen (secondary N) is 1. The second-order valence-electron chi connectivity index (χ2n) is 28.5. The van der Waals surface area contributed by atoms with Crippen LogP contribution in [0.2, 0.25) is 0 Å². The average Bonchev–Trinajstić information content (AvgIpc) is 1.56. The number of hydrogen-bond acceptors (Lipinski definition) is 5. The predicted octanol–water partition coefficient (Wildman–Crippen LogP) is 30.5. The fourth-order valence-electron chi connectivity index (χ4n) is 16.5. The topological polar surface area (TPSA) is 23.4 Å². The lowest BCUT2D eigenvalue weighted by Gasteiger charge is -2.26. The van der Waals surface area contributed by atoms with Gasteiger partial charge in [-0.2, -0.15) is 0 Å². The smallest absolute Gasteiger partial charge is 0.0555 e. The molecule has 0 radical (unpaired) electrons. The van der Waals surface area contributed by atoms with E-state index < -0.39 is 0 Å². The number of anilines is 8. The highest BCUT2D eigenvalue weighted by atomic mass is 32.1. The van der Waals surface area contributed by atoms with Crippen LogP contribution in [0.1, 0.15) is 0 Å². The Bertz CT molecular complexity index is 7060. The van der Waals surface area contributed by atoms with E-state index in [4.69, 9.17) is 0 Å². The van der Waals surface area contributed by atoms with Crippen molar-refractivity contribution < 1.29 is 0 Å². The molecule has 0 atom stereocenters. The van der Waals surface area contributed by atoms with Crippen LogP contribution in [0, 0.1) is 0 Å². The van der Waals surface area contributed by atoms with Crippen LogP contribution in [0.3, 0.4) is 0 Å². The third-order valence-electron chi connectivity index (χ3n) is 22.0. The fourth-order valence-corrected chi connectivity index (χ4v) is 18.7. The molecule has 0 aliphatic heterocycles. The molecular weight excluding hydrogens is 1370 g/mol. The molecular formula is C104H68N4S2. The largest absolute Gasteiger partial charge is 0.355 e. The Morgan fingerprint density at radius 3 is 1.23 bits per heavy atom. The molecule has 21 aromatic rings. The summed E-state index contributed by atoms with van der Waals surface area (Å²) in [7, 11) is 0. The number of aromatic nitrogens is 1. The number of thiophene rings is 2. The quantitative estimate of drug-likeness (QED) is 0.111. The second kappa shape index (κ2) is 27.2. The Morgan fingerprint density at radius 2 is 0.609 bits per heavy atom. The highest BCUT2D eigenvalue weighted by molar-refractivity contribution is 7.26. The van der Waals surface area contributed by atoms with Crippen LogP contribution in [0.4, 0.5) is 45.5 Å². The molecule has 0 bridgehead atoms. The number of rotatable bonds is 15. The molecule has 0 saturated carbocycles. The molecule has 1 N–H and O–H groups in total. The van der Waals surface area contributed by atoms with Gasteiger partial charge in [0.05, 0.1) is 11.0 Å². The molecule has 0 amide bonds. The minimum atomic E-state index is 1.04. The van der Waals surface area contributed by atoms with Crippen LogP contribution >= 0.6 is 22.7 Å². The Balaban J connectivity index is 0.554. The molecule has 0 unspecified atom stereocenters. The van der Waals surface area contributed by atoms with Crippen LogP contribution in [0.15, 0.2) is 406 Å². The number of nitrogens with zero attached hydrogens (tertiary/aromatic N) is 3. The molecule has 0 aliphatic carbocycles. The van der Waals surface area contributed by atoms with Crippen LogP contribution in [0.25, 0.3) is 156 Å². The van der Waals surface area contributed by atoms with Crippen molar-refractivity contribution in [3.05, 3.63) is 406 Å². The first-order valence-corrected chi connectivity index (χ1v) is 39.1. The van der Waals surface area contributed by atoms with Crippen molar-refractivity contribution in [3.63, 3.8) is 0 Å². The van der Waals surface area contributed by atoms with Gasteiger partial charge in [0, 0.05) is 108 Å². The number of hydrogen-bond donors (Lipinski definition) is 1.